The summed E-state index contributed by atoms with van der Waals surface area (Å²) >= 11 is 0. The largest absolute Gasteiger partial charge is 0.497 e. The maximum Gasteiger partial charge on any atom is 0.118 e. The summed E-state index contributed by atoms with van der Waals surface area (Å²) in [5, 5.41) is 0. The van der Waals surface area contributed by atoms with Gasteiger partial charge in [0.25, 0.3) is 0 Å². The van der Waals surface area contributed by atoms with Crippen LogP contribution in [0.4, 0.5) is 0 Å². The molecule has 2 rings (SSSR count). The van der Waals surface area contributed by atoms with Crippen molar-refractivity contribution in [3.8, 4) is 5.75 Å². The van der Waals surface area contributed by atoms with E-state index in [9.17, 15) is 0 Å². The van der Waals surface area contributed by atoms with Gasteiger partial charge in [0.05, 0.1) is 19.3 Å². The zero-order valence-electron chi connectivity index (χ0n) is 13.1. The van der Waals surface area contributed by atoms with Crippen LogP contribution in [0.5, 0.6) is 5.75 Å². The van der Waals surface area contributed by atoms with Crippen LogP contribution in [0.3, 0.4) is 0 Å². The number of hydrogen-bond acceptors (Lipinski definition) is 2. The quantitative estimate of drug-likeness (QED) is 0.899. The summed E-state index contributed by atoms with van der Waals surface area (Å²) in [6.07, 6.45) is 4.35. The second kappa shape index (κ2) is 6.15. The molecule has 1 fully saturated rings. The summed E-state index contributed by atoms with van der Waals surface area (Å²) in [6.45, 7) is 6.27. The zero-order chi connectivity index (χ0) is 14.6. The molecule has 0 aliphatic carbocycles. The van der Waals surface area contributed by atoms with Crippen molar-refractivity contribution in [2.24, 2.45) is 0 Å². The van der Waals surface area contributed by atoms with Crippen LogP contribution in [0.25, 0.3) is 0 Å². The van der Waals surface area contributed by atoms with Gasteiger partial charge in [0.1, 0.15) is 5.75 Å². The van der Waals surface area contributed by atoms with Crippen molar-refractivity contribution in [3.05, 3.63) is 29.8 Å². The van der Waals surface area contributed by atoms with Crippen LogP contribution in [-0.4, -0.2) is 25.9 Å². The lowest BCUT2D eigenvalue weighted by Gasteiger charge is -2.46. The third kappa shape index (κ3) is 2.99. The predicted octanol–water partition coefficient (Wildman–Crippen LogP) is 2.54. The molecule has 2 atom stereocenters. The van der Waals surface area contributed by atoms with Gasteiger partial charge >= 0.3 is 0 Å². The van der Waals surface area contributed by atoms with Gasteiger partial charge in [-0.3, -0.25) is 0 Å². The molecule has 112 valence electrons. The predicted molar refractivity (Wildman–Crippen MR) is 80.9 cm³/mol. The van der Waals surface area contributed by atoms with Gasteiger partial charge in [-0.1, -0.05) is 19.1 Å². The molecule has 1 aliphatic rings. The highest BCUT2D eigenvalue weighted by molar-refractivity contribution is 5.33. The molecule has 0 saturated carbocycles. The Hall–Kier alpha value is -1.06. The molecule has 3 heteroatoms. The van der Waals surface area contributed by atoms with Gasteiger partial charge in [-0.2, -0.15) is 0 Å². The third-order valence-electron chi connectivity index (χ3n) is 4.85. The first-order chi connectivity index (χ1) is 9.57. The SMILES string of the molecule is CCC1(C)CC(CC[NH3+])(c2ccc(OC)cc2)CCO1. The standard InChI is InChI=1S/C17H27NO2/c1-4-16(2)13-17(9-11-18,10-12-20-16)14-5-7-15(19-3)8-6-14/h5-8H,4,9-13,18H2,1-3H3/p+1. The van der Waals surface area contributed by atoms with E-state index in [0.29, 0.717) is 0 Å². The van der Waals surface area contributed by atoms with E-state index in [2.05, 4.69) is 43.8 Å². The van der Waals surface area contributed by atoms with Gasteiger partial charge in [0, 0.05) is 18.4 Å². The Morgan fingerprint density at radius 2 is 2.00 bits per heavy atom. The van der Waals surface area contributed by atoms with E-state index >= 15 is 0 Å². The lowest BCUT2D eigenvalue weighted by Crippen LogP contribution is -2.55. The lowest BCUT2D eigenvalue weighted by molar-refractivity contribution is -0.372. The zero-order valence-corrected chi connectivity index (χ0v) is 13.1. The van der Waals surface area contributed by atoms with Crippen molar-refractivity contribution in [2.45, 2.75) is 50.5 Å². The van der Waals surface area contributed by atoms with E-state index in [4.69, 9.17) is 9.47 Å². The first-order valence-corrected chi connectivity index (χ1v) is 7.65. The molecule has 0 bridgehead atoms. The Labute approximate surface area is 122 Å². The number of ether oxygens (including phenoxy) is 2. The summed E-state index contributed by atoms with van der Waals surface area (Å²) in [7, 11) is 1.71. The van der Waals surface area contributed by atoms with Crippen LogP contribution < -0.4 is 10.5 Å². The minimum absolute atomic E-state index is 0.00660. The van der Waals surface area contributed by atoms with E-state index in [0.717, 1.165) is 44.6 Å². The highest BCUT2D eigenvalue weighted by atomic mass is 16.5. The van der Waals surface area contributed by atoms with Gasteiger partial charge in [-0.15, -0.1) is 0 Å². The van der Waals surface area contributed by atoms with Crippen LogP contribution in [-0.2, 0) is 10.2 Å². The summed E-state index contributed by atoms with van der Waals surface area (Å²) in [4.78, 5) is 0. The average molecular weight is 278 g/mol. The Balaban J connectivity index is 2.32. The summed E-state index contributed by atoms with van der Waals surface area (Å²) in [5.74, 6) is 0.920. The van der Waals surface area contributed by atoms with Gasteiger partial charge < -0.3 is 15.2 Å². The molecular weight excluding hydrogens is 250 g/mol. The summed E-state index contributed by atoms with van der Waals surface area (Å²) < 4.78 is 11.3. The van der Waals surface area contributed by atoms with Gasteiger partial charge in [0.15, 0.2) is 0 Å². The number of methoxy groups -OCH3 is 1. The maximum atomic E-state index is 6.04. The second-order valence-electron chi connectivity index (χ2n) is 6.19. The molecule has 20 heavy (non-hydrogen) atoms. The van der Waals surface area contributed by atoms with E-state index in [-0.39, 0.29) is 11.0 Å². The molecule has 2 unspecified atom stereocenters. The molecule has 1 heterocycles. The molecule has 0 spiro atoms. The van der Waals surface area contributed by atoms with Crippen molar-refractivity contribution in [3.63, 3.8) is 0 Å². The monoisotopic (exact) mass is 278 g/mol. The van der Waals surface area contributed by atoms with Crippen LogP contribution >= 0.6 is 0 Å². The molecule has 1 saturated heterocycles. The van der Waals surface area contributed by atoms with Crippen molar-refractivity contribution in [1.29, 1.82) is 0 Å². The fourth-order valence-corrected chi connectivity index (χ4v) is 3.46. The first kappa shape index (κ1) is 15.3. The third-order valence-corrected chi connectivity index (χ3v) is 4.85. The van der Waals surface area contributed by atoms with Crippen molar-refractivity contribution in [2.75, 3.05) is 20.3 Å². The number of benzene rings is 1. The van der Waals surface area contributed by atoms with E-state index in [1.807, 2.05) is 0 Å². The molecule has 3 N–H and O–H groups in total. The van der Waals surface area contributed by atoms with Gasteiger partial charge in [0.2, 0.25) is 0 Å². The smallest absolute Gasteiger partial charge is 0.118 e. The number of rotatable bonds is 5. The topological polar surface area (TPSA) is 46.1 Å². The van der Waals surface area contributed by atoms with Crippen LogP contribution in [0.15, 0.2) is 24.3 Å². The highest BCUT2D eigenvalue weighted by Crippen LogP contribution is 2.45. The minimum atomic E-state index is -0.00660. The lowest BCUT2D eigenvalue weighted by atomic mass is 9.66. The van der Waals surface area contributed by atoms with Gasteiger partial charge in [-0.05, 0) is 43.9 Å². The summed E-state index contributed by atoms with van der Waals surface area (Å²) in [5.41, 5.74) is 5.70. The normalized spacial score (nSPS) is 30.2. The number of quaternary nitrogens is 1. The Kier molecular flexibility index (Phi) is 4.71. The van der Waals surface area contributed by atoms with Crippen molar-refractivity contribution in [1.82, 2.24) is 0 Å². The van der Waals surface area contributed by atoms with E-state index in [1.54, 1.807) is 7.11 Å². The second-order valence-corrected chi connectivity index (χ2v) is 6.19. The first-order valence-electron chi connectivity index (χ1n) is 7.65. The molecule has 1 aliphatic heterocycles. The fraction of sp³-hybridized carbons (Fsp3) is 0.647. The molecule has 1 aromatic rings. The molecule has 1 aromatic carbocycles. The Bertz CT molecular complexity index is 427. The fourth-order valence-electron chi connectivity index (χ4n) is 3.46. The molecular formula is C17H28NO2+. The van der Waals surface area contributed by atoms with Gasteiger partial charge in [-0.25, -0.2) is 0 Å². The Morgan fingerprint density at radius 3 is 2.55 bits per heavy atom. The Morgan fingerprint density at radius 1 is 1.30 bits per heavy atom. The average Bonchev–Trinajstić information content (AvgIpc) is 2.48. The highest BCUT2D eigenvalue weighted by Gasteiger charge is 2.43. The molecule has 0 radical (unpaired) electrons. The number of hydrogen-bond donors (Lipinski definition) is 1. The maximum absolute atomic E-state index is 6.04. The molecule has 0 aromatic heterocycles. The van der Waals surface area contributed by atoms with Crippen LogP contribution in [0, 0.1) is 0 Å². The van der Waals surface area contributed by atoms with E-state index in [1.165, 1.54) is 5.56 Å². The van der Waals surface area contributed by atoms with Crippen LogP contribution in [0.1, 0.15) is 45.1 Å². The van der Waals surface area contributed by atoms with E-state index < -0.39 is 0 Å². The van der Waals surface area contributed by atoms with Crippen LogP contribution in [0.2, 0.25) is 0 Å². The minimum Gasteiger partial charge on any atom is -0.497 e. The molecule has 3 nitrogen and oxygen atoms in total. The van der Waals surface area contributed by atoms with Crippen molar-refractivity contribution >= 4 is 0 Å². The summed E-state index contributed by atoms with van der Waals surface area (Å²) in [6, 6.07) is 8.57. The molecule has 0 amide bonds. The van der Waals surface area contributed by atoms with Crippen molar-refractivity contribution < 1.29 is 15.2 Å².